The van der Waals surface area contributed by atoms with Gasteiger partial charge in [0.2, 0.25) is 5.82 Å². The minimum absolute atomic E-state index is 0.219. The highest BCUT2D eigenvalue weighted by Gasteiger charge is 2.16. The number of rotatable bonds is 2. The molecule has 7 nitrogen and oxygen atoms in total. The summed E-state index contributed by atoms with van der Waals surface area (Å²) in [5, 5.41) is 17.9. The maximum absolute atomic E-state index is 13.1. The lowest BCUT2D eigenvalue weighted by Gasteiger charge is -2.03. The maximum atomic E-state index is 13.1. The van der Waals surface area contributed by atoms with E-state index in [1.807, 2.05) is 0 Å². The number of nitro groups is 1. The van der Waals surface area contributed by atoms with E-state index in [4.69, 9.17) is 5.73 Å². The first-order valence-electron chi connectivity index (χ1n) is 4.63. The van der Waals surface area contributed by atoms with Gasteiger partial charge in [-0.05, 0) is 19.1 Å². The fourth-order valence-corrected chi connectivity index (χ4v) is 1.36. The maximum Gasteiger partial charge on any atom is 0.306 e. The Bertz CT molecular complexity index is 595. The van der Waals surface area contributed by atoms with Crippen molar-refractivity contribution >= 4 is 11.5 Å². The third-order valence-corrected chi connectivity index (χ3v) is 2.30. The summed E-state index contributed by atoms with van der Waals surface area (Å²) in [6, 6.07) is 3.45. The summed E-state index contributed by atoms with van der Waals surface area (Å²) < 4.78 is 14.4. The van der Waals surface area contributed by atoms with E-state index < -0.39 is 16.4 Å². The molecule has 0 bridgehead atoms. The molecule has 0 saturated carbocycles. The van der Waals surface area contributed by atoms with Gasteiger partial charge in [0.05, 0.1) is 16.3 Å². The van der Waals surface area contributed by atoms with Crippen LogP contribution in [0, 0.1) is 22.9 Å². The molecule has 0 aliphatic rings. The van der Waals surface area contributed by atoms with Crippen LogP contribution in [-0.4, -0.2) is 19.9 Å². The molecule has 17 heavy (non-hydrogen) atoms. The van der Waals surface area contributed by atoms with Crippen molar-refractivity contribution in [2.45, 2.75) is 6.92 Å². The lowest BCUT2D eigenvalue weighted by atomic mass is 10.2. The molecule has 1 aromatic heterocycles. The van der Waals surface area contributed by atoms with Crippen LogP contribution in [0.3, 0.4) is 0 Å². The van der Waals surface area contributed by atoms with E-state index in [2.05, 4.69) is 10.3 Å². The highest BCUT2D eigenvalue weighted by atomic mass is 19.1. The van der Waals surface area contributed by atoms with Gasteiger partial charge in [0.15, 0.2) is 5.82 Å². The zero-order chi connectivity index (χ0) is 12.6. The van der Waals surface area contributed by atoms with E-state index >= 15 is 0 Å². The molecule has 0 spiro atoms. The van der Waals surface area contributed by atoms with Gasteiger partial charge in [-0.2, -0.15) is 4.39 Å². The first kappa shape index (κ1) is 11.0. The number of nitrogen functional groups attached to an aromatic ring is 1. The quantitative estimate of drug-likeness (QED) is 0.624. The number of hydrogen-bond acceptors (Lipinski definition) is 5. The van der Waals surface area contributed by atoms with Crippen LogP contribution in [0.5, 0.6) is 0 Å². The fourth-order valence-electron chi connectivity index (χ4n) is 1.36. The normalized spacial score (nSPS) is 10.5. The highest BCUT2D eigenvalue weighted by Crippen LogP contribution is 2.22. The van der Waals surface area contributed by atoms with Gasteiger partial charge in [-0.15, -0.1) is 5.10 Å². The Morgan fingerprint density at radius 2 is 2.24 bits per heavy atom. The Morgan fingerprint density at radius 3 is 2.76 bits per heavy atom. The Labute approximate surface area is 94.8 Å². The van der Waals surface area contributed by atoms with Crippen LogP contribution in [0.2, 0.25) is 0 Å². The second-order valence-corrected chi connectivity index (χ2v) is 3.36. The summed E-state index contributed by atoms with van der Waals surface area (Å²) >= 11 is 0. The van der Waals surface area contributed by atoms with Crippen LogP contribution in [0.25, 0.3) is 5.69 Å². The van der Waals surface area contributed by atoms with E-state index in [1.54, 1.807) is 6.92 Å². The van der Waals surface area contributed by atoms with E-state index in [1.165, 1.54) is 10.7 Å². The predicted octanol–water partition coefficient (Wildman–Crippen LogP) is 1.21. The van der Waals surface area contributed by atoms with Crippen molar-refractivity contribution < 1.29 is 9.31 Å². The van der Waals surface area contributed by atoms with Crippen LogP contribution in [0.15, 0.2) is 18.2 Å². The summed E-state index contributed by atoms with van der Waals surface area (Å²) in [5.41, 5.74) is 5.75. The Hall–Kier alpha value is -2.51. The molecule has 0 saturated heterocycles. The van der Waals surface area contributed by atoms with Crippen LogP contribution in [-0.2, 0) is 0 Å². The monoisotopic (exact) mass is 237 g/mol. The van der Waals surface area contributed by atoms with Gasteiger partial charge in [0.25, 0.3) is 0 Å². The smallest absolute Gasteiger partial charge is 0.306 e. The molecule has 0 atom stereocenters. The predicted molar refractivity (Wildman–Crippen MR) is 57.1 cm³/mol. The Morgan fingerprint density at radius 1 is 1.53 bits per heavy atom. The number of nitrogens with zero attached hydrogens (tertiary/aromatic N) is 4. The summed E-state index contributed by atoms with van der Waals surface area (Å²) in [7, 11) is 0. The SMILES string of the molecule is Cc1c(N)nnn1-c1ccc(F)c([N+](=O)[O-])c1. The van der Waals surface area contributed by atoms with Crippen LogP contribution >= 0.6 is 0 Å². The van der Waals surface area contributed by atoms with Crippen molar-refractivity contribution in [3.05, 3.63) is 39.8 Å². The first-order valence-corrected chi connectivity index (χ1v) is 4.63. The summed E-state index contributed by atoms with van der Waals surface area (Å²) in [5.74, 6) is -0.679. The molecule has 2 rings (SSSR count). The molecule has 88 valence electrons. The number of benzene rings is 1. The largest absolute Gasteiger partial charge is 0.381 e. The average molecular weight is 237 g/mol. The fraction of sp³-hybridized carbons (Fsp3) is 0.111. The van der Waals surface area contributed by atoms with Gasteiger partial charge >= 0.3 is 5.69 Å². The zero-order valence-electron chi connectivity index (χ0n) is 8.79. The van der Waals surface area contributed by atoms with Crippen molar-refractivity contribution in [2.24, 2.45) is 0 Å². The topological polar surface area (TPSA) is 99.9 Å². The molecule has 1 aromatic carbocycles. The third-order valence-electron chi connectivity index (χ3n) is 2.30. The minimum atomic E-state index is -0.899. The molecular formula is C9H8FN5O2. The molecule has 0 unspecified atom stereocenters. The van der Waals surface area contributed by atoms with Gasteiger partial charge in [-0.3, -0.25) is 10.1 Å². The van der Waals surface area contributed by atoms with Crippen LogP contribution in [0.4, 0.5) is 15.9 Å². The lowest BCUT2D eigenvalue weighted by Crippen LogP contribution is -2.02. The average Bonchev–Trinajstić information content (AvgIpc) is 2.60. The van der Waals surface area contributed by atoms with E-state index in [0.29, 0.717) is 11.4 Å². The minimum Gasteiger partial charge on any atom is -0.381 e. The molecular weight excluding hydrogens is 229 g/mol. The van der Waals surface area contributed by atoms with Crippen molar-refractivity contribution in [2.75, 3.05) is 5.73 Å². The number of halogens is 1. The Kier molecular flexibility index (Phi) is 2.47. The van der Waals surface area contributed by atoms with Crippen LogP contribution in [0.1, 0.15) is 5.69 Å². The van der Waals surface area contributed by atoms with Gasteiger partial charge < -0.3 is 5.73 Å². The molecule has 8 heteroatoms. The zero-order valence-corrected chi connectivity index (χ0v) is 8.79. The number of anilines is 1. The van der Waals surface area contributed by atoms with E-state index in [9.17, 15) is 14.5 Å². The van der Waals surface area contributed by atoms with Gasteiger partial charge in [0, 0.05) is 6.07 Å². The van der Waals surface area contributed by atoms with E-state index in [-0.39, 0.29) is 5.82 Å². The van der Waals surface area contributed by atoms with E-state index in [0.717, 1.165) is 12.1 Å². The molecule has 0 amide bonds. The summed E-state index contributed by atoms with van der Waals surface area (Å²) in [4.78, 5) is 9.79. The van der Waals surface area contributed by atoms with Crippen molar-refractivity contribution in [1.29, 1.82) is 0 Å². The van der Waals surface area contributed by atoms with Crippen molar-refractivity contribution in [3.63, 3.8) is 0 Å². The van der Waals surface area contributed by atoms with Gasteiger partial charge in [0.1, 0.15) is 0 Å². The highest BCUT2D eigenvalue weighted by molar-refractivity contribution is 5.46. The standard InChI is InChI=1S/C9H8FN5O2/c1-5-9(11)12-13-14(5)6-2-3-7(10)8(4-6)15(16)17/h2-4H,11H2,1H3. The first-order chi connectivity index (χ1) is 8.00. The molecule has 2 N–H and O–H groups in total. The summed E-state index contributed by atoms with van der Waals surface area (Å²) in [6.45, 7) is 1.66. The second-order valence-electron chi connectivity index (χ2n) is 3.36. The Balaban J connectivity index is 2.58. The number of aromatic nitrogens is 3. The molecule has 0 fully saturated rings. The van der Waals surface area contributed by atoms with Gasteiger partial charge in [-0.25, -0.2) is 4.68 Å². The number of nitro benzene ring substituents is 1. The third kappa shape index (κ3) is 1.80. The molecule has 0 radical (unpaired) electrons. The molecule has 2 aromatic rings. The second kappa shape index (κ2) is 3.81. The molecule has 1 heterocycles. The van der Waals surface area contributed by atoms with Crippen molar-refractivity contribution in [1.82, 2.24) is 15.0 Å². The molecule has 0 aliphatic heterocycles. The van der Waals surface area contributed by atoms with Crippen molar-refractivity contribution in [3.8, 4) is 5.69 Å². The van der Waals surface area contributed by atoms with Gasteiger partial charge in [-0.1, -0.05) is 5.21 Å². The van der Waals surface area contributed by atoms with Crippen LogP contribution < -0.4 is 5.73 Å². The summed E-state index contributed by atoms with van der Waals surface area (Å²) in [6.07, 6.45) is 0. The number of hydrogen-bond donors (Lipinski definition) is 1. The number of nitrogens with two attached hydrogens (primary N) is 1. The molecule has 0 aliphatic carbocycles. The lowest BCUT2D eigenvalue weighted by molar-refractivity contribution is -0.387.